The molecular weight excluding hydrogens is 278 g/mol. The van der Waals surface area contributed by atoms with Gasteiger partial charge in [-0.05, 0) is 24.1 Å². The smallest absolute Gasteiger partial charge is 0.425 e. The van der Waals surface area contributed by atoms with Crippen LogP contribution in [0.1, 0.15) is 5.56 Å². The fourth-order valence-corrected chi connectivity index (χ4v) is 1.56. The van der Waals surface area contributed by atoms with Gasteiger partial charge in [0.25, 0.3) is 0 Å². The molecule has 0 saturated carbocycles. The van der Waals surface area contributed by atoms with Crippen LogP contribution in [0.5, 0.6) is 11.5 Å². The highest BCUT2D eigenvalue weighted by atomic mass is 16.5. The maximum Gasteiger partial charge on any atom is 0.425 e. The normalized spacial score (nSPS) is 9.48. The second kappa shape index (κ2) is 8.51. The first-order chi connectivity index (χ1) is 10.1. The Hall–Kier alpha value is -2.64. The Labute approximate surface area is 122 Å². The molecule has 0 unspecified atom stereocenters. The number of hydrogen-bond acceptors (Lipinski definition) is 5. The van der Waals surface area contributed by atoms with Crippen LogP contribution in [0, 0.1) is 0 Å². The lowest BCUT2D eigenvalue weighted by Crippen LogP contribution is -2.47. The molecule has 1 rings (SSSR count). The van der Waals surface area contributed by atoms with E-state index in [9.17, 15) is 9.59 Å². The van der Waals surface area contributed by atoms with Crippen LogP contribution in [0.15, 0.2) is 18.2 Å². The first kappa shape index (κ1) is 16.4. The number of rotatable bonds is 5. The second-order valence-corrected chi connectivity index (χ2v) is 3.94. The van der Waals surface area contributed by atoms with Gasteiger partial charge in [0.05, 0.1) is 21.3 Å². The van der Waals surface area contributed by atoms with Crippen LogP contribution in [0.25, 0.3) is 0 Å². The summed E-state index contributed by atoms with van der Waals surface area (Å²) in [5, 5.41) is 2.58. The van der Waals surface area contributed by atoms with Crippen LogP contribution >= 0.6 is 0 Å². The lowest BCUT2D eigenvalue weighted by atomic mass is 10.1. The highest BCUT2D eigenvalue weighted by Gasteiger charge is 2.06. The summed E-state index contributed by atoms with van der Waals surface area (Å²) in [6.07, 6.45) is -0.142. The molecule has 1 aromatic rings. The zero-order chi connectivity index (χ0) is 15.7. The largest absolute Gasteiger partial charge is 0.493 e. The molecule has 0 radical (unpaired) electrons. The molecule has 8 nitrogen and oxygen atoms in total. The van der Waals surface area contributed by atoms with Crippen molar-refractivity contribution in [2.45, 2.75) is 6.42 Å². The van der Waals surface area contributed by atoms with Crippen LogP contribution < -0.4 is 25.6 Å². The van der Waals surface area contributed by atoms with Gasteiger partial charge in [0.2, 0.25) is 0 Å². The van der Waals surface area contributed by atoms with E-state index in [-0.39, 0.29) is 0 Å². The third kappa shape index (κ3) is 5.47. The number of carbonyl (C=O) groups is 2. The Morgan fingerprint density at radius 1 is 1.05 bits per heavy atom. The lowest BCUT2D eigenvalue weighted by Gasteiger charge is -2.10. The van der Waals surface area contributed by atoms with Crippen molar-refractivity contribution in [2.75, 3.05) is 27.9 Å². The Morgan fingerprint density at radius 2 is 1.76 bits per heavy atom. The van der Waals surface area contributed by atoms with Crippen molar-refractivity contribution < 1.29 is 23.8 Å². The van der Waals surface area contributed by atoms with E-state index in [4.69, 9.17) is 9.47 Å². The molecule has 0 heterocycles. The van der Waals surface area contributed by atoms with Crippen molar-refractivity contribution in [3.8, 4) is 11.5 Å². The summed E-state index contributed by atoms with van der Waals surface area (Å²) in [6.45, 7) is 0.393. The average Bonchev–Trinajstić information content (AvgIpc) is 2.52. The molecule has 21 heavy (non-hydrogen) atoms. The van der Waals surface area contributed by atoms with Gasteiger partial charge in [0.15, 0.2) is 11.5 Å². The number of benzene rings is 1. The molecule has 0 fully saturated rings. The number of methoxy groups -OCH3 is 3. The molecule has 0 saturated heterocycles. The van der Waals surface area contributed by atoms with E-state index in [0.29, 0.717) is 24.5 Å². The summed E-state index contributed by atoms with van der Waals surface area (Å²) >= 11 is 0. The van der Waals surface area contributed by atoms with E-state index in [1.165, 1.54) is 7.11 Å². The van der Waals surface area contributed by atoms with Crippen LogP contribution in [0.4, 0.5) is 9.59 Å². The molecule has 1 aromatic carbocycles. The average molecular weight is 297 g/mol. The molecule has 0 aliphatic rings. The summed E-state index contributed by atoms with van der Waals surface area (Å²) in [7, 11) is 4.33. The van der Waals surface area contributed by atoms with Gasteiger partial charge in [-0.1, -0.05) is 6.07 Å². The first-order valence-corrected chi connectivity index (χ1v) is 6.19. The summed E-state index contributed by atoms with van der Waals surface area (Å²) in [6, 6.07) is 4.99. The van der Waals surface area contributed by atoms with E-state index in [2.05, 4.69) is 20.9 Å². The molecular formula is C13H19N3O5. The molecule has 8 heteroatoms. The topological polar surface area (TPSA) is 97.9 Å². The Morgan fingerprint density at radius 3 is 2.38 bits per heavy atom. The van der Waals surface area contributed by atoms with Crippen molar-refractivity contribution >= 4 is 12.1 Å². The van der Waals surface area contributed by atoms with Crippen molar-refractivity contribution in [1.29, 1.82) is 0 Å². The van der Waals surface area contributed by atoms with Crippen LogP contribution in [0.2, 0.25) is 0 Å². The highest BCUT2D eigenvalue weighted by molar-refractivity contribution is 5.77. The van der Waals surface area contributed by atoms with Gasteiger partial charge >= 0.3 is 12.1 Å². The number of nitrogens with one attached hydrogen (secondary N) is 3. The van der Waals surface area contributed by atoms with Crippen molar-refractivity contribution in [1.82, 2.24) is 16.2 Å². The highest BCUT2D eigenvalue weighted by Crippen LogP contribution is 2.27. The number of hydrazine groups is 1. The van der Waals surface area contributed by atoms with Crippen LogP contribution in [-0.4, -0.2) is 40.0 Å². The maximum absolute atomic E-state index is 11.3. The third-order valence-electron chi connectivity index (χ3n) is 2.61. The molecule has 116 valence electrons. The first-order valence-electron chi connectivity index (χ1n) is 6.19. The van der Waals surface area contributed by atoms with Gasteiger partial charge in [-0.3, -0.25) is 0 Å². The quantitative estimate of drug-likeness (QED) is 0.699. The minimum atomic E-state index is -0.745. The monoisotopic (exact) mass is 297 g/mol. The Kier molecular flexibility index (Phi) is 6.66. The molecule has 0 aliphatic carbocycles. The fraction of sp³-hybridized carbons (Fsp3) is 0.385. The summed E-state index contributed by atoms with van der Waals surface area (Å²) in [4.78, 5) is 22.1. The standard InChI is InChI=1S/C13H19N3O5/c1-19-10-5-4-9(8-11(10)20-2)6-7-14-12(17)15-16-13(18)21-3/h4-5,8H,6-7H2,1-3H3,(H,16,18)(H2,14,15,17). The van der Waals surface area contributed by atoms with Crippen LogP contribution in [0.3, 0.4) is 0 Å². The number of carbonyl (C=O) groups excluding carboxylic acids is 2. The van der Waals surface area contributed by atoms with E-state index in [0.717, 1.165) is 5.56 Å². The summed E-state index contributed by atoms with van der Waals surface area (Å²) in [5.41, 5.74) is 5.18. The van der Waals surface area contributed by atoms with Crippen molar-refractivity contribution in [2.24, 2.45) is 0 Å². The predicted octanol–water partition coefficient (Wildman–Crippen LogP) is 0.816. The number of urea groups is 1. The third-order valence-corrected chi connectivity index (χ3v) is 2.61. The van der Waals surface area contributed by atoms with Gasteiger partial charge in [0.1, 0.15) is 0 Å². The summed E-state index contributed by atoms with van der Waals surface area (Å²) in [5.74, 6) is 1.28. The van der Waals surface area contributed by atoms with Gasteiger partial charge in [-0.25, -0.2) is 20.4 Å². The number of ether oxygens (including phenoxy) is 3. The molecule has 3 amide bonds. The molecule has 0 atom stereocenters. The SMILES string of the molecule is COC(=O)NNC(=O)NCCc1ccc(OC)c(OC)c1. The van der Waals surface area contributed by atoms with E-state index in [1.807, 2.05) is 12.1 Å². The Balaban J connectivity index is 2.38. The van der Waals surface area contributed by atoms with Crippen molar-refractivity contribution in [3.63, 3.8) is 0 Å². The van der Waals surface area contributed by atoms with E-state index >= 15 is 0 Å². The number of hydrogen-bond donors (Lipinski definition) is 3. The van der Waals surface area contributed by atoms with E-state index in [1.54, 1.807) is 20.3 Å². The van der Waals surface area contributed by atoms with Gasteiger partial charge in [0, 0.05) is 6.54 Å². The Bertz CT molecular complexity index is 493. The molecule has 0 spiro atoms. The van der Waals surface area contributed by atoms with Crippen LogP contribution in [-0.2, 0) is 11.2 Å². The number of amides is 3. The predicted molar refractivity (Wildman–Crippen MR) is 75.3 cm³/mol. The second-order valence-electron chi connectivity index (χ2n) is 3.94. The van der Waals surface area contributed by atoms with Gasteiger partial charge in [-0.2, -0.15) is 0 Å². The summed E-state index contributed by atoms with van der Waals surface area (Å²) < 4.78 is 14.6. The minimum absolute atomic E-state index is 0.393. The van der Waals surface area contributed by atoms with E-state index < -0.39 is 12.1 Å². The molecule has 0 aromatic heterocycles. The molecule has 3 N–H and O–H groups in total. The lowest BCUT2D eigenvalue weighted by molar-refractivity contribution is 0.165. The van der Waals surface area contributed by atoms with Gasteiger partial charge < -0.3 is 19.5 Å². The molecule has 0 bridgehead atoms. The maximum atomic E-state index is 11.3. The zero-order valence-electron chi connectivity index (χ0n) is 12.2. The molecule has 0 aliphatic heterocycles. The minimum Gasteiger partial charge on any atom is -0.493 e. The fourth-order valence-electron chi connectivity index (χ4n) is 1.56. The van der Waals surface area contributed by atoms with Crippen molar-refractivity contribution in [3.05, 3.63) is 23.8 Å². The van der Waals surface area contributed by atoms with Gasteiger partial charge in [-0.15, -0.1) is 0 Å². The zero-order valence-corrected chi connectivity index (χ0v) is 12.2.